The van der Waals surface area contributed by atoms with Crippen LogP contribution < -0.4 is 0 Å². The summed E-state index contributed by atoms with van der Waals surface area (Å²) in [4.78, 5) is 42.5. The fraction of sp³-hybridized carbons (Fsp3) is 0.533. The third kappa shape index (κ3) is 3.09. The van der Waals surface area contributed by atoms with Gasteiger partial charge in [-0.25, -0.2) is 4.79 Å². The highest BCUT2D eigenvalue weighted by molar-refractivity contribution is 7.09. The molecule has 3 rings (SSSR count). The van der Waals surface area contributed by atoms with E-state index in [-0.39, 0.29) is 31.0 Å². The van der Waals surface area contributed by atoms with E-state index in [9.17, 15) is 14.4 Å². The Kier molecular flexibility index (Phi) is 4.63. The number of amides is 4. The third-order valence-corrected chi connectivity index (χ3v) is 5.13. The molecule has 3 heterocycles. The first kappa shape index (κ1) is 15.9. The molecule has 4 amide bonds. The van der Waals surface area contributed by atoms with Crippen molar-refractivity contribution in [2.24, 2.45) is 0 Å². The second-order valence-corrected chi connectivity index (χ2v) is 6.62. The maximum Gasteiger partial charge on any atom is 0.327 e. The standard InChI is InChI=1S/C15H19N3O4S/c1-22-10-13(19)16-6-7-17-12(9-16)14(20)18(15(17)21)5-4-11-3-2-8-23-11/h2-3,8,12H,4-7,9-10H2,1H3/t12-/m1/s1. The number of rotatable bonds is 5. The van der Waals surface area contributed by atoms with Crippen molar-refractivity contribution in [3.8, 4) is 0 Å². The molecule has 0 aromatic carbocycles. The van der Waals surface area contributed by atoms with Gasteiger partial charge in [0.25, 0.3) is 5.91 Å². The van der Waals surface area contributed by atoms with Gasteiger partial charge < -0.3 is 14.5 Å². The number of hydrogen-bond acceptors (Lipinski definition) is 5. The Bertz CT molecular complexity index is 604. The highest BCUT2D eigenvalue weighted by Gasteiger charge is 2.47. The van der Waals surface area contributed by atoms with Gasteiger partial charge in [-0.2, -0.15) is 0 Å². The fourth-order valence-electron chi connectivity index (χ4n) is 2.98. The molecule has 1 atom stereocenters. The molecule has 0 bridgehead atoms. The van der Waals surface area contributed by atoms with Crippen LogP contribution in [0.4, 0.5) is 4.79 Å². The van der Waals surface area contributed by atoms with Gasteiger partial charge in [0.05, 0.1) is 6.54 Å². The number of methoxy groups -OCH3 is 1. The summed E-state index contributed by atoms with van der Waals surface area (Å²) in [6.45, 7) is 1.47. The van der Waals surface area contributed by atoms with E-state index >= 15 is 0 Å². The minimum atomic E-state index is -0.555. The first-order chi connectivity index (χ1) is 11.1. The molecule has 2 saturated heterocycles. The van der Waals surface area contributed by atoms with Gasteiger partial charge >= 0.3 is 6.03 Å². The van der Waals surface area contributed by atoms with Crippen LogP contribution in [0.5, 0.6) is 0 Å². The molecule has 124 valence electrons. The lowest BCUT2D eigenvalue weighted by Gasteiger charge is -2.35. The lowest BCUT2D eigenvalue weighted by molar-refractivity contribution is -0.139. The van der Waals surface area contributed by atoms with E-state index in [1.807, 2.05) is 17.5 Å². The number of nitrogens with zero attached hydrogens (tertiary/aromatic N) is 3. The molecule has 2 aliphatic heterocycles. The number of urea groups is 1. The van der Waals surface area contributed by atoms with Gasteiger partial charge in [0.15, 0.2) is 0 Å². The monoisotopic (exact) mass is 337 g/mol. The maximum absolute atomic E-state index is 12.5. The Hall–Kier alpha value is -1.93. The maximum atomic E-state index is 12.5. The largest absolute Gasteiger partial charge is 0.375 e. The van der Waals surface area contributed by atoms with Crippen molar-refractivity contribution < 1.29 is 19.1 Å². The predicted molar refractivity (Wildman–Crippen MR) is 84.1 cm³/mol. The molecular formula is C15H19N3O4S. The highest BCUT2D eigenvalue weighted by atomic mass is 32.1. The number of fused-ring (bicyclic) bond motifs is 1. The molecule has 0 radical (unpaired) electrons. The molecule has 2 aliphatic rings. The van der Waals surface area contributed by atoms with Crippen molar-refractivity contribution in [1.82, 2.24) is 14.7 Å². The zero-order valence-electron chi connectivity index (χ0n) is 12.9. The normalized spacial score (nSPS) is 21.1. The quantitative estimate of drug-likeness (QED) is 0.730. The van der Waals surface area contributed by atoms with Gasteiger partial charge in [0, 0.05) is 31.6 Å². The van der Waals surface area contributed by atoms with E-state index in [1.165, 1.54) is 12.0 Å². The average molecular weight is 337 g/mol. The Morgan fingerprint density at radius 1 is 1.39 bits per heavy atom. The minimum absolute atomic E-state index is 0.00303. The minimum Gasteiger partial charge on any atom is -0.375 e. The summed E-state index contributed by atoms with van der Waals surface area (Å²) >= 11 is 1.61. The molecule has 0 spiro atoms. The van der Waals surface area contributed by atoms with Crippen LogP contribution in [0.2, 0.25) is 0 Å². The number of ether oxygens (including phenoxy) is 1. The number of hydrogen-bond donors (Lipinski definition) is 0. The number of imide groups is 1. The average Bonchev–Trinajstić information content (AvgIpc) is 3.14. The zero-order chi connectivity index (χ0) is 16.4. The van der Waals surface area contributed by atoms with E-state index in [1.54, 1.807) is 21.1 Å². The first-order valence-corrected chi connectivity index (χ1v) is 8.41. The van der Waals surface area contributed by atoms with Gasteiger partial charge in [0.2, 0.25) is 5.91 Å². The van der Waals surface area contributed by atoms with Crippen LogP contribution in [0.3, 0.4) is 0 Å². The number of thiophene rings is 1. The van der Waals surface area contributed by atoms with Crippen LogP contribution in [0.15, 0.2) is 17.5 Å². The molecule has 23 heavy (non-hydrogen) atoms. The smallest absolute Gasteiger partial charge is 0.327 e. The van der Waals surface area contributed by atoms with Crippen LogP contribution in [-0.2, 0) is 20.7 Å². The zero-order valence-corrected chi connectivity index (χ0v) is 13.8. The molecule has 1 aromatic heterocycles. The summed E-state index contributed by atoms with van der Waals surface area (Å²) in [5.74, 6) is -0.356. The topological polar surface area (TPSA) is 70.2 Å². The third-order valence-electron chi connectivity index (χ3n) is 4.19. The summed E-state index contributed by atoms with van der Waals surface area (Å²) in [5.41, 5.74) is 0. The summed E-state index contributed by atoms with van der Waals surface area (Å²) < 4.78 is 4.85. The molecule has 0 saturated carbocycles. The SMILES string of the molecule is COCC(=O)N1CCN2C(=O)N(CCc3cccs3)C(=O)[C@H]2C1. The lowest BCUT2D eigenvalue weighted by Crippen LogP contribution is -2.55. The molecule has 7 nitrogen and oxygen atoms in total. The molecule has 8 heteroatoms. The summed E-state index contributed by atoms with van der Waals surface area (Å²) in [7, 11) is 1.46. The van der Waals surface area contributed by atoms with E-state index in [2.05, 4.69) is 0 Å². The van der Waals surface area contributed by atoms with E-state index in [0.717, 1.165) is 4.88 Å². The molecular weight excluding hydrogens is 318 g/mol. The van der Waals surface area contributed by atoms with Crippen molar-refractivity contribution in [1.29, 1.82) is 0 Å². The Morgan fingerprint density at radius 2 is 2.22 bits per heavy atom. The summed E-state index contributed by atoms with van der Waals surface area (Å²) in [6, 6.07) is 3.15. The molecule has 0 aliphatic carbocycles. The molecule has 0 N–H and O–H groups in total. The van der Waals surface area contributed by atoms with Crippen LogP contribution in [0.25, 0.3) is 0 Å². The van der Waals surface area contributed by atoms with Crippen LogP contribution in [0, 0.1) is 0 Å². The molecule has 1 aromatic rings. The van der Waals surface area contributed by atoms with Gasteiger partial charge in [-0.15, -0.1) is 11.3 Å². The van der Waals surface area contributed by atoms with Crippen LogP contribution >= 0.6 is 11.3 Å². The predicted octanol–water partition coefficient (Wildman–Crippen LogP) is 0.412. The lowest BCUT2D eigenvalue weighted by atomic mass is 10.2. The van der Waals surface area contributed by atoms with Gasteiger partial charge in [0.1, 0.15) is 12.6 Å². The van der Waals surface area contributed by atoms with Gasteiger partial charge in [-0.05, 0) is 17.9 Å². The fourth-order valence-corrected chi connectivity index (χ4v) is 3.67. The van der Waals surface area contributed by atoms with Crippen molar-refractivity contribution in [2.75, 3.05) is 39.9 Å². The van der Waals surface area contributed by atoms with Crippen molar-refractivity contribution >= 4 is 29.2 Å². The van der Waals surface area contributed by atoms with Gasteiger partial charge in [-0.3, -0.25) is 14.5 Å². The summed E-state index contributed by atoms with van der Waals surface area (Å²) in [5, 5.41) is 1.98. The van der Waals surface area contributed by atoms with Crippen LogP contribution in [0.1, 0.15) is 4.88 Å². The second-order valence-electron chi connectivity index (χ2n) is 5.58. The Balaban J connectivity index is 1.64. The van der Waals surface area contributed by atoms with E-state index in [0.29, 0.717) is 26.1 Å². The van der Waals surface area contributed by atoms with E-state index < -0.39 is 6.04 Å². The highest BCUT2D eigenvalue weighted by Crippen LogP contribution is 2.23. The summed E-state index contributed by atoms with van der Waals surface area (Å²) in [6.07, 6.45) is 0.669. The second kappa shape index (κ2) is 6.67. The van der Waals surface area contributed by atoms with Crippen molar-refractivity contribution in [3.63, 3.8) is 0 Å². The van der Waals surface area contributed by atoms with Crippen molar-refractivity contribution in [2.45, 2.75) is 12.5 Å². The van der Waals surface area contributed by atoms with Crippen LogP contribution in [-0.4, -0.2) is 78.5 Å². The van der Waals surface area contributed by atoms with E-state index in [4.69, 9.17) is 4.74 Å². The number of carbonyl (C=O) groups excluding carboxylic acids is 3. The first-order valence-electron chi connectivity index (χ1n) is 7.53. The molecule has 2 fully saturated rings. The van der Waals surface area contributed by atoms with Gasteiger partial charge in [-0.1, -0.05) is 6.07 Å². The Morgan fingerprint density at radius 3 is 2.91 bits per heavy atom. The Labute approximate surface area is 138 Å². The number of carbonyl (C=O) groups is 3. The van der Waals surface area contributed by atoms with Crippen molar-refractivity contribution in [3.05, 3.63) is 22.4 Å². The molecule has 0 unspecified atom stereocenters. The number of piperazine rings is 1.